The van der Waals surface area contributed by atoms with Crippen molar-refractivity contribution in [1.82, 2.24) is 14.5 Å². The van der Waals surface area contributed by atoms with Crippen molar-refractivity contribution >= 4 is 34.4 Å². The van der Waals surface area contributed by atoms with E-state index in [2.05, 4.69) is 16.9 Å². The summed E-state index contributed by atoms with van der Waals surface area (Å²) in [5.41, 5.74) is 2.84. The van der Waals surface area contributed by atoms with E-state index in [1.54, 1.807) is 18.6 Å². The molecule has 0 fully saturated rings. The minimum Gasteiger partial charge on any atom is -0.329 e. The third-order valence-corrected chi connectivity index (χ3v) is 4.40. The molecule has 120 valence electrons. The van der Waals surface area contributed by atoms with Crippen molar-refractivity contribution in [3.8, 4) is 11.1 Å². The van der Waals surface area contributed by atoms with Crippen LogP contribution < -0.4 is 0 Å². The SMILES string of the molecule is CCCCCn1cnc2ncc(Cl)c(-c3ccc(Cl)c(F)c3)c21. The number of hydrogen-bond acceptors (Lipinski definition) is 2. The van der Waals surface area contributed by atoms with Crippen LogP contribution in [0.2, 0.25) is 10.0 Å². The maximum absolute atomic E-state index is 13.9. The molecule has 3 rings (SSSR count). The molecule has 0 bridgehead atoms. The summed E-state index contributed by atoms with van der Waals surface area (Å²) in [6.07, 6.45) is 6.64. The second-order valence-electron chi connectivity index (χ2n) is 5.43. The highest BCUT2D eigenvalue weighted by molar-refractivity contribution is 6.34. The standard InChI is InChI=1S/C17H16Cl2FN3/c1-2-3-4-7-23-10-22-17-16(23)15(13(19)9-21-17)11-5-6-12(18)14(20)8-11/h5-6,8-10H,2-4,7H2,1H3. The summed E-state index contributed by atoms with van der Waals surface area (Å²) in [5, 5.41) is 0.558. The topological polar surface area (TPSA) is 30.7 Å². The number of rotatable bonds is 5. The van der Waals surface area contributed by atoms with Crippen molar-refractivity contribution in [3.63, 3.8) is 0 Å². The van der Waals surface area contributed by atoms with E-state index < -0.39 is 5.82 Å². The van der Waals surface area contributed by atoms with Crippen LogP contribution in [-0.2, 0) is 6.54 Å². The molecule has 0 amide bonds. The van der Waals surface area contributed by atoms with Gasteiger partial charge >= 0.3 is 0 Å². The highest BCUT2D eigenvalue weighted by Gasteiger charge is 2.16. The molecule has 0 aliphatic carbocycles. The Bertz CT molecular complexity index is 845. The van der Waals surface area contributed by atoms with Crippen LogP contribution in [0.4, 0.5) is 4.39 Å². The van der Waals surface area contributed by atoms with Gasteiger partial charge in [0.1, 0.15) is 5.82 Å². The number of fused-ring (bicyclic) bond motifs is 1. The molecule has 6 heteroatoms. The van der Waals surface area contributed by atoms with E-state index in [0.717, 1.165) is 36.9 Å². The maximum atomic E-state index is 13.9. The first-order chi connectivity index (χ1) is 11.1. The molecule has 0 atom stereocenters. The van der Waals surface area contributed by atoms with Crippen LogP contribution in [0.25, 0.3) is 22.3 Å². The van der Waals surface area contributed by atoms with E-state index in [-0.39, 0.29) is 5.02 Å². The number of aromatic nitrogens is 3. The van der Waals surface area contributed by atoms with Crippen molar-refractivity contribution in [2.24, 2.45) is 0 Å². The number of aryl methyl sites for hydroxylation is 1. The Kier molecular flexibility index (Phi) is 4.83. The first-order valence-electron chi connectivity index (χ1n) is 7.56. The van der Waals surface area contributed by atoms with E-state index in [1.165, 1.54) is 12.1 Å². The third-order valence-electron chi connectivity index (χ3n) is 3.81. The average molecular weight is 352 g/mol. The maximum Gasteiger partial charge on any atom is 0.178 e. The lowest BCUT2D eigenvalue weighted by molar-refractivity contribution is 0.613. The van der Waals surface area contributed by atoms with Gasteiger partial charge in [-0.2, -0.15) is 0 Å². The van der Waals surface area contributed by atoms with Gasteiger partial charge in [-0.15, -0.1) is 0 Å². The van der Waals surface area contributed by atoms with Crippen LogP contribution in [-0.4, -0.2) is 14.5 Å². The Morgan fingerprint density at radius 1 is 1.13 bits per heavy atom. The van der Waals surface area contributed by atoms with Crippen LogP contribution in [0.5, 0.6) is 0 Å². The van der Waals surface area contributed by atoms with Gasteiger partial charge in [0, 0.05) is 18.3 Å². The van der Waals surface area contributed by atoms with Gasteiger partial charge in [0.15, 0.2) is 5.65 Å². The smallest absolute Gasteiger partial charge is 0.178 e. The molecule has 2 heterocycles. The van der Waals surface area contributed by atoms with Crippen LogP contribution in [0.15, 0.2) is 30.7 Å². The zero-order chi connectivity index (χ0) is 16.4. The van der Waals surface area contributed by atoms with Crippen molar-refractivity contribution in [2.75, 3.05) is 0 Å². The number of benzene rings is 1. The quantitative estimate of drug-likeness (QED) is 0.549. The van der Waals surface area contributed by atoms with Gasteiger partial charge in [0.2, 0.25) is 0 Å². The largest absolute Gasteiger partial charge is 0.329 e. The molecule has 0 aliphatic heterocycles. The molecule has 0 radical (unpaired) electrons. The number of halogens is 3. The monoisotopic (exact) mass is 351 g/mol. The Labute approximate surface area is 144 Å². The lowest BCUT2D eigenvalue weighted by atomic mass is 10.1. The Morgan fingerprint density at radius 2 is 1.96 bits per heavy atom. The summed E-state index contributed by atoms with van der Waals surface area (Å²) in [7, 11) is 0. The molecule has 2 aromatic heterocycles. The third kappa shape index (κ3) is 3.19. The molecule has 3 nitrogen and oxygen atoms in total. The summed E-state index contributed by atoms with van der Waals surface area (Å²) >= 11 is 12.1. The predicted octanol–water partition coefficient (Wildman–Crippen LogP) is 5.73. The summed E-state index contributed by atoms with van der Waals surface area (Å²) in [5.74, 6) is -0.470. The fourth-order valence-corrected chi connectivity index (χ4v) is 3.01. The lowest BCUT2D eigenvalue weighted by Crippen LogP contribution is -1.98. The van der Waals surface area contributed by atoms with Gasteiger partial charge in [0.05, 0.1) is 21.9 Å². The van der Waals surface area contributed by atoms with Crippen molar-refractivity contribution in [1.29, 1.82) is 0 Å². The van der Waals surface area contributed by atoms with Gasteiger partial charge in [-0.1, -0.05) is 49.0 Å². The lowest BCUT2D eigenvalue weighted by Gasteiger charge is -2.11. The normalized spacial score (nSPS) is 11.3. The van der Waals surface area contributed by atoms with Gasteiger partial charge in [-0.05, 0) is 24.1 Å². The molecule has 0 unspecified atom stereocenters. The Morgan fingerprint density at radius 3 is 2.70 bits per heavy atom. The zero-order valence-corrected chi connectivity index (χ0v) is 14.2. The molecule has 3 aromatic rings. The molecular formula is C17H16Cl2FN3. The van der Waals surface area contributed by atoms with Crippen LogP contribution in [0.1, 0.15) is 26.2 Å². The average Bonchev–Trinajstić information content (AvgIpc) is 2.94. The predicted molar refractivity (Wildman–Crippen MR) is 92.5 cm³/mol. The number of hydrogen-bond donors (Lipinski definition) is 0. The molecule has 0 N–H and O–H groups in total. The van der Waals surface area contributed by atoms with Gasteiger partial charge in [-0.25, -0.2) is 14.4 Å². The van der Waals surface area contributed by atoms with Gasteiger partial charge in [0.25, 0.3) is 0 Å². The van der Waals surface area contributed by atoms with Crippen LogP contribution in [0.3, 0.4) is 0 Å². The molecule has 0 saturated heterocycles. The van der Waals surface area contributed by atoms with E-state index in [4.69, 9.17) is 23.2 Å². The molecule has 0 spiro atoms. The van der Waals surface area contributed by atoms with Crippen molar-refractivity contribution in [2.45, 2.75) is 32.7 Å². The number of pyridine rings is 1. The van der Waals surface area contributed by atoms with E-state index in [1.807, 2.05) is 4.57 Å². The molecule has 0 aliphatic rings. The van der Waals surface area contributed by atoms with E-state index in [0.29, 0.717) is 16.2 Å². The molecule has 0 saturated carbocycles. The van der Waals surface area contributed by atoms with Crippen LogP contribution in [0, 0.1) is 5.82 Å². The molecule has 1 aromatic carbocycles. The minimum atomic E-state index is -0.470. The van der Waals surface area contributed by atoms with E-state index >= 15 is 0 Å². The number of imidazole rings is 1. The first-order valence-corrected chi connectivity index (χ1v) is 8.32. The fraction of sp³-hybridized carbons (Fsp3) is 0.294. The van der Waals surface area contributed by atoms with Crippen LogP contribution >= 0.6 is 23.2 Å². The van der Waals surface area contributed by atoms with Crippen molar-refractivity contribution < 1.29 is 4.39 Å². The number of unbranched alkanes of at least 4 members (excludes halogenated alkanes) is 2. The van der Waals surface area contributed by atoms with E-state index in [9.17, 15) is 4.39 Å². The minimum absolute atomic E-state index is 0.0895. The summed E-state index contributed by atoms with van der Waals surface area (Å²) in [4.78, 5) is 8.61. The molecular weight excluding hydrogens is 336 g/mol. The fourth-order valence-electron chi connectivity index (χ4n) is 2.64. The summed E-state index contributed by atoms with van der Waals surface area (Å²) in [6, 6.07) is 4.69. The van der Waals surface area contributed by atoms with Gasteiger partial charge < -0.3 is 4.57 Å². The zero-order valence-electron chi connectivity index (χ0n) is 12.7. The van der Waals surface area contributed by atoms with Crippen molar-refractivity contribution in [3.05, 3.63) is 46.6 Å². The molecule has 23 heavy (non-hydrogen) atoms. The second kappa shape index (κ2) is 6.85. The highest BCUT2D eigenvalue weighted by Crippen LogP contribution is 2.35. The Hall–Kier alpha value is -1.65. The summed E-state index contributed by atoms with van der Waals surface area (Å²) in [6.45, 7) is 2.99. The Balaban J connectivity index is 2.15. The summed E-state index contributed by atoms with van der Waals surface area (Å²) < 4.78 is 15.9. The number of nitrogens with zero attached hydrogens (tertiary/aromatic N) is 3. The highest BCUT2D eigenvalue weighted by atomic mass is 35.5. The van der Waals surface area contributed by atoms with Gasteiger partial charge in [-0.3, -0.25) is 0 Å². The second-order valence-corrected chi connectivity index (χ2v) is 6.24. The first kappa shape index (κ1) is 16.2.